The molecule has 0 radical (unpaired) electrons. The van der Waals surface area contributed by atoms with Gasteiger partial charge in [0, 0.05) is 11.6 Å². The van der Waals surface area contributed by atoms with Crippen LogP contribution >= 0.6 is 21.6 Å². The van der Waals surface area contributed by atoms with E-state index >= 15 is 0 Å². The van der Waals surface area contributed by atoms with Crippen LogP contribution < -0.4 is 5.73 Å². The van der Waals surface area contributed by atoms with Crippen molar-refractivity contribution in [3.05, 3.63) is 0 Å². The van der Waals surface area contributed by atoms with Crippen LogP contribution in [0.25, 0.3) is 0 Å². The van der Waals surface area contributed by atoms with Gasteiger partial charge in [-0.15, -0.1) is 0 Å². The van der Waals surface area contributed by atoms with Gasteiger partial charge in [0.1, 0.15) is 0 Å². The Morgan fingerprint density at radius 2 is 1.90 bits per heavy atom. The molecule has 0 spiro atoms. The molecule has 0 saturated carbocycles. The Morgan fingerprint density at radius 1 is 1.10 bits per heavy atom. The van der Waals surface area contributed by atoms with Crippen LogP contribution in [0.2, 0.25) is 0 Å². The molecule has 2 N–H and O–H groups in total. The molecule has 0 heterocycles. The third kappa shape index (κ3) is 8.66. The molecule has 0 amide bonds. The second kappa shape index (κ2) is 9.66. The van der Waals surface area contributed by atoms with Gasteiger partial charge < -0.3 is 5.73 Å². The minimum atomic E-state index is 0.748. The molecule has 1 nitrogen and oxygen atoms in total. The van der Waals surface area contributed by atoms with Gasteiger partial charge in [-0.1, -0.05) is 47.8 Å². The first-order valence-electron chi connectivity index (χ1n) is 3.86. The Morgan fingerprint density at radius 3 is 2.50 bits per heavy atom. The van der Waals surface area contributed by atoms with Crippen molar-refractivity contribution in [2.75, 3.05) is 11.6 Å². The number of unbranched alkanes of at least 4 members (excludes halogenated alkanes) is 3. The number of hydrogen-bond acceptors (Lipinski definition) is 3. The molecular weight excluding hydrogens is 162 g/mol. The van der Waals surface area contributed by atoms with E-state index in [0.29, 0.717) is 0 Å². The lowest BCUT2D eigenvalue weighted by molar-refractivity contribution is 0.707. The van der Waals surface area contributed by atoms with Gasteiger partial charge in [-0.25, -0.2) is 0 Å². The minimum Gasteiger partial charge on any atom is -0.321 e. The highest BCUT2D eigenvalue weighted by Crippen LogP contribution is 2.20. The minimum absolute atomic E-state index is 0.748. The lowest BCUT2D eigenvalue weighted by Gasteiger charge is -1.97. The molecule has 0 rings (SSSR count). The van der Waals surface area contributed by atoms with E-state index < -0.39 is 0 Å². The van der Waals surface area contributed by atoms with Crippen LogP contribution in [0.1, 0.15) is 32.6 Å². The Balaban J connectivity index is 2.65. The second-order valence-corrected chi connectivity index (χ2v) is 4.79. The molecule has 3 heteroatoms. The molecule has 0 aromatic rings. The van der Waals surface area contributed by atoms with Crippen LogP contribution in [0.5, 0.6) is 0 Å². The summed E-state index contributed by atoms with van der Waals surface area (Å²) in [5.41, 5.74) is 5.31. The predicted molar refractivity (Wildman–Crippen MR) is 53.2 cm³/mol. The zero-order valence-corrected chi connectivity index (χ0v) is 8.27. The summed E-state index contributed by atoms with van der Waals surface area (Å²) in [7, 11) is 3.66. The van der Waals surface area contributed by atoms with E-state index in [2.05, 4.69) is 6.92 Å². The summed E-state index contributed by atoms with van der Waals surface area (Å²) in [5, 5.41) is 0. The topological polar surface area (TPSA) is 26.0 Å². The van der Waals surface area contributed by atoms with Gasteiger partial charge in [-0.3, -0.25) is 0 Å². The van der Waals surface area contributed by atoms with Gasteiger partial charge in [0.15, 0.2) is 0 Å². The molecule has 0 aromatic carbocycles. The lowest BCUT2D eigenvalue weighted by Crippen LogP contribution is -1.89. The summed E-state index contributed by atoms with van der Waals surface area (Å²) >= 11 is 0. The molecule has 0 aliphatic carbocycles. The Labute approximate surface area is 71.9 Å². The SMILES string of the molecule is CCCCCCSSCN. The highest BCUT2D eigenvalue weighted by Gasteiger charge is 1.88. The van der Waals surface area contributed by atoms with Crippen molar-refractivity contribution >= 4 is 21.6 Å². The van der Waals surface area contributed by atoms with Gasteiger partial charge in [0.25, 0.3) is 0 Å². The molecule has 0 aliphatic rings. The zero-order chi connectivity index (χ0) is 7.66. The lowest BCUT2D eigenvalue weighted by atomic mass is 10.2. The molecular formula is C7H17NS2. The van der Waals surface area contributed by atoms with Crippen molar-refractivity contribution < 1.29 is 0 Å². The number of nitrogens with two attached hydrogens (primary N) is 1. The van der Waals surface area contributed by atoms with Crippen molar-refractivity contribution in [3.8, 4) is 0 Å². The van der Waals surface area contributed by atoms with Crippen molar-refractivity contribution in [2.24, 2.45) is 5.73 Å². The first-order chi connectivity index (χ1) is 4.91. The van der Waals surface area contributed by atoms with Gasteiger partial charge in [0.2, 0.25) is 0 Å². The maximum Gasteiger partial charge on any atom is 0.0498 e. The number of rotatable bonds is 7. The van der Waals surface area contributed by atoms with Gasteiger partial charge in [0.05, 0.1) is 0 Å². The highest BCUT2D eigenvalue weighted by atomic mass is 33.1. The molecule has 62 valence electrons. The standard InChI is InChI=1S/C7H17NS2/c1-2-3-4-5-6-9-10-7-8/h2-8H2,1H3. The van der Waals surface area contributed by atoms with Gasteiger partial charge in [-0.2, -0.15) is 0 Å². The van der Waals surface area contributed by atoms with E-state index in [-0.39, 0.29) is 0 Å². The molecule has 0 saturated heterocycles. The average Bonchev–Trinajstić information content (AvgIpc) is 1.97. The number of hydrogen-bond donors (Lipinski definition) is 1. The second-order valence-electron chi connectivity index (χ2n) is 2.17. The van der Waals surface area contributed by atoms with E-state index in [1.807, 2.05) is 10.8 Å². The maximum absolute atomic E-state index is 5.31. The van der Waals surface area contributed by atoms with E-state index in [9.17, 15) is 0 Å². The summed E-state index contributed by atoms with van der Waals surface area (Å²) < 4.78 is 0. The molecule has 0 unspecified atom stereocenters. The fourth-order valence-electron chi connectivity index (χ4n) is 0.695. The van der Waals surface area contributed by atoms with Crippen LogP contribution in [0.4, 0.5) is 0 Å². The molecule has 0 bridgehead atoms. The van der Waals surface area contributed by atoms with E-state index in [1.54, 1.807) is 10.8 Å². The van der Waals surface area contributed by atoms with Gasteiger partial charge >= 0.3 is 0 Å². The molecule has 10 heavy (non-hydrogen) atoms. The summed E-state index contributed by atoms with van der Waals surface area (Å²) in [6, 6.07) is 0. The molecule has 0 aliphatic heterocycles. The molecule has 0 fully saturated rings. The van der Waals surface area contributed by atoms with E-state index in [1.165, 1.54) is 31.4 Å². The van der Waals surface area contributed by atoms with Crippen molar-refractivity contribution in [1.82, 2.24) is 0 Å². The van der Waals surface area contributed by atoms with Crippen LogP contribution in [0, 0.1) is 0 Å². The fraction of sp³-hybridized carbons (Fsp3) is 1.00. The Bertz CT molecular complexity index is 51.6. The Hall–Kier alpha value is 0.660. The van der Waals surface area contributed by atoms with Crippen molar-refractivity contribution in [1.29, 1.82) is 0 Å². The van der Waals surface area contributed by atoms with Crippen molar-refractivity contribution in [2.45, 2.75) is 32.6 Å². The maximum atomic E-state index is 5.31. The Kier molecular flexibility index (Phi) is 10.3. The third-order valence-electron chi connectivity index (χ3n) is 1.23. The monoisotopic (exact) mass is 179 g/mol. The normalized spacial score (nSPS) is 10.2. The van der Waals surface area contributed by atoms with Crippen molar-refractivity contribution in [3.63, 3.8) is 0 Å². The van der Waals surface area contributed by atoms with Crippen LogP contribution in [-0.2, 0) is 0 Å². The third-order valence-corrected chi connectivity index (χ3v) is 3.40. The summed E-state index contributed by atoms with van der Waals surface area (Å²) in [6.07, 6.45) is 5.45. The van der Waals surface area contributed by atoms with E-state index in [0.717, 1.165) is 5.88 Å². The van der Waals surface area contributed by atoms with Crippen LogP contribution in [0.3, 0.4) is 0 Å². The van der Waals surface area contributed by atoms with E-state index in [4.69, 9.17) is 5.73 Å². The van der Waals surface area contributed by atoms with Crippen LogP contribution in [0.15, 0.2) is 0 Å². The largest absolute Gasteiger partial charge is 0.321 e. The first-order valence-corrected chi connectivity index (χ1v) is 6.35. The van der Waals surface area contributed by atoms with Gasteiger partial charge in [-0.05, 0) is 6.42 Å². The quantitative estimate of drug-likeness (QED) is 0.370. The zero-order valence-electron chi connectivity index (χ0n) is 6.64. The first kappa shape index (κ1) is 10.7. The molecule has 0 atom stereocenters. The predicted octanol–water partition coefficient (Wildman–Crippen LogP) is 2.86. The van der Waals surface area contributed by atoms with Crippen LogP contribution in [-0.4, -0.2) is 11.6 Å². The average molecular weight is 179 g/mol. The summed E-state index contributed by atoms with van der Waals surface area (Å²) in [6.45, 7) is 2.24. The fourth-order valence-corrected chi connectivity index (χ4v) is 2.23. The highest BCUT2D eigenvalue weighted by molar-refractivity contribution is 8.76. The molecule has 0 aromatic heterocycles. The smallest absolute Gasteiger partial charge is 0.0498 e. The summed E-state index contributed by atoms with van der Waals surface area (Å²) in [4.78, 5) is 0. The summed E-state index contributed by atoms with van der Waals surface area (Å²) in [5.74, 6) is 2.01.